The van der Waals surface area contributed by atoms with E-state index in [9.17, 15) is 14.0 Å². The summed E-state index contributed by atoms with van der Waals surface area (Å²) in [5.41, 5.74) is 2.13. The van der Waals surface area contributed by atoms with E-state index in [4.69, 9.17) is 4.74 Å². The predicted octanol–water partition coefficient (Wildman–Crippen LogP) is 3.46. The van der Waals surface area contributed by atoms with Gasteiger partial charge >= 0.3 is 5.97 Å². The molecular weight excluding hydrogens is 347 g/mol. The van der Waals surface area contributed by atoms with Crippen molar-refractivity contribution >= 4 is 22.8 Å². The zero-order valence-electron chi connectivity index (χ0n) is 15.7. The number of ether oxygens (including phenoxy) is 1. The van der Waals surface area contributed by atoms with Crippen molar-refractivity contribution < 1.29 is 23.3 Å². The van der Waals surface area contributed by atoms with Gasteiger partial charge in [-0.25, -0.2) is 18.3 Å². The van der Waals surface area contributed by atoms with E-state index in [1.165, 1.54) is 12.1 Å². The lowest BCUT2D eigenvalue weighted by atomic mass is 10.1. The molecule has 140 valence electrons. The fraction of sp³-hybridized carbons (Fsp3) is 0.286. The number of aromatic nitrogens is 2. The third kappa shape index (κ3) is 3.47. The Kier molecular flexibility index (Phi) is 5.35. The molecule has 0 spiro atoms. The summed E-state index contributed by atoms with van der Waals surface area (Å²) in [6, 6.07) is 11.2. The molecule has 0 saturated carbocycles. The van der Waals surface area contributed by atoms with Crippen LogP contribution in [0.4, 0.5) is 4.39 Å². The molecule has 1 heterocycles. The van der Waals surface area contributed by atoms with Crippen LogP contribution < -0.4 is 4.57 Å². The van der Waals surface area contributed by atoms with E-state index < -0.39 is 11.8 Å². The number of fused-ring (bicyclic) bond motifs is 1. The topological polar surface area (TPSA) is 52.2 Å². The van der Waals surface area contributed by atoms with Crippen molar-refractivity contribution in [2.45, 2.75) is 33.9 Å². The average molecular weight is 369 g/mol. The van der Waals surface area contributed by atoms with Crippen LogP contribution in [0.2, 0.25) is 0 Å². The SMILES string of the molecule is CCOC(=O)c1ccc2c(c1)n(CC(=O)c1ccccc1F)c(C)[n+]2CC. The van der Waals surface area contributed by atoms with Crippen LogP contribution >= 0.6 is 0 Å². The number of benzene rings is 2. The Hall–Kier alpha value is -3.02. The lowest BCUT2D eigenvalue weighted by Crippen LogP contribution is -2.35. The Morgan fingerprint density at radius 2 is 1.89 bits per heavy atom. The van der Waals surface area contributed by atoms with E-state index in [0.29, 0.717) is 12.1 Å². The summed E-state index contributed by atoms with van der Waals surface area (Å²) in [7, 11) is 0. The lowest BCUT2D eigenvalue weighted by Gasteiger charge is -2.03. The number of carbonyl (C=O) groups excluding carboxylic acids is 2. The highest BCUT2D eigenvalue weighted by molar-refractivity contribution is 5.97. The number of esters is 1. The summed E-state index contributed by atoms with van der Waals surface area (Å²) in [5.74, 6) is -0.406. The number of Topliss-reactive ketones (excluding diaryl/α,β-unsaturated/α-hetero) is 1. The minimum Gasteiger partial charge on any atom is -0.462 e. The van der Waals surface area contributed by atoms with Crippen LogP contribution in [0.1, 0.15) is 40.4 Å². The van der Waals surface area contributed by atoms with Gasteiger partial charge in [0.2, 0.25) is 5.78 Å². The molecule has 0 atom stereocenters. The van der Waals surface area contributed by atoms with Crippen molar-refractivity contribution in [3.8, 4) is 0 Å². The Morgan fingerprint density at radius 3 is 2.56 bits per heavy atom. The fourth-order valence-electron chi connectivity index (χ4n) is 3.32. The Labute approximate surface area is 157 Å². The smallest absolute Gasteiger partial charge is 0.338 e. The van der Waals surface area contributed by atoms with Crippen LogP contribution in [0.3, 0.4) is 0 Å². The molecule has 1 aromatic heterocycles. The highest BCUT2D eigenvalue weighted by atomic mass is 19.1. The second kappa shape index (κ2) is 7.70. The predicted molar refractivity (Wildman–Crippen MR) is 99.2 cm³/mol. The first-order chi connectivity index (χ1) is 13.0. The number of halogens is 1. The molecule has 0 amide bonds. The molecule has 0 aliphatic heterocycles. The van der Waals surface area contributed by atoms with E-state index in [1.54, 1.807) is 31.2 Å². The second-order valence-corrected chi connectivity index (χ2v) is 6.20. The molecule has 6 heteroatoms. The summed E-state index contributed by atoms with van der Waals surface area (Å²) in [5, 5.41) is 0. The minimum atomic E-state index is -0.535. The number of nitrogens with zero attached hydrogens (tertiary/aromatic N) is 2. The van der Waals surface area contributed by atoms with Crippen LogP contribution in [0.25, 0.3) is 11.0 Å². The van der Waals surface area contributed by atoms with Gasteiger partial charge in [-0.2, -0.15) is 0 Å². The third-order valence-electron chi connectivity index (χ3n) is 4.64. The number of imidazole rings is 1. The van der Waals surface area contributed by atoms with Crippen molar-refractivity contribution in [2.75, 3.05) is 6.61 Å². The van der Waals surface area contributed by atoms with Crippen LogP contribution in [0.5, 0.6) is 0 Å². The van der Waals surface area contributed by atoms with Crippen molar-refractivity contribution in [2.24, 2.45) is 0 Å². The number of rotatable bonds is 6. The zero-order chi connectivity index (χ0) is 19.6. The molecule has 0 radical (unpaired) electrons. The zero-order valence-corrected chi connectivity index (χ0v) is 15.7. The highest BCUT2D eigenvalue weighted by Crippen LogP contribution is 2.19. The van der Waals surface area contributed by atoms with Crippen LogP contribution in [0.15, 0.2) is 42.5 Å². The molecule has 0 aliphatic carbocycles. The van der Waals surface area contributed by atoms with Gasteiger partial charge in [-0.15, -0.1) is 0 Å². The maximum absolute atomic E-state index is 14.0. The van der Waals surface area contributed by atoms with Crippen LogP contribution in [-0.4, -0.2) is 22.9 Å². The van der Waals surface area contributed by atoms with Gasteiger partial charge in [-0.3, -0.25) is 4.79 Å². The fourth-order valence-corrected chi connectivity index (χ4v) is 3.32. The molecule has 0 saturated heterocycles. The van der Waals surface area contributed by atoms with Gasteiger partial charge in [0.25, 0.3) is 5.82 Å². The van der Waals surface area contributed by atoms with Crippen molar-refractivity contribution in [3.63, 3.8) is 0 Å². The summed E-state index contributed by atoms with van der Waals surface area (Å²) in [6.45, 7) is 6.65. The van der Waals surface area contributed by atoms with Gasteiger partial charge in [0, 0.05) is 13.0 Å². The minimum absolute atomic E-state index is 0.0114. The first kappa shape index (κ1) is 18.8. The monoisotopic (exact) mass is 369 g/mol. The molecule has 0 aliphatic rings. The third-order valence-corrected chi connectivity index (χ3v) is 4.64. The van der Waals surface area contributed by atoms with Gasteiger partial charge in [0.15, 0.2) is 17.6 Å². The molecule has 0 bridgehead atoms. The molecule has 3 aromatic rings. The van der Waals surface area contributed by atoms with Gasteiger partial charge < -0.3 is 4.74 Å². The largest absolute Gasteiger partial charge is 0.462 e. The normalized spacial score (nSPS) is 11.0. The Balaban J connectivity index is 2.09. The summed E-state index contributed by atoms with van der Waals surface area (Å²) in [4.78, 5) is 24.8. The van der Waals surface area contributed by atoms with E-state index >= 15 is 0 Å². The van der Waals surface area contributed by atoms with Crippen molar-refractivity contribution in [1.29, 1.82) is 0 Å². The van der Waals surface area contributed by atoms with Crippen LogP contribution in [0, 0.1) is 12.7 Å². The summed E-state index contributed by atoms with van der Waals surface area (Å²) < 4.78 is 22.9. The number of ketones is 1. The summed E-state index contributed by atoms with van der Waals surface area (Å²) in [6.07, 6.45) is 0. The first-order valence-electron chi connectivity index (χ1n) is 8.95. The number of hydrogen-bond donors (Lipinski definition) is 0. The van der Waals surface area contributed by atoms with E-state index in [2.05, 4.69) is 4.57 Å². The quantitative estimate of drug-likeness (QED) is 0.380. The second-order valence-electron chi connectivity index (χ2n) is 6.20. The molecule has 0 N–H and O–H groups in total. The van der Waals surface area contributed by atoms with Crippen molar-refractivity contribution in [3.05, 3.63) is 65.2 Å². The van der Waals surface area contributed by atoms with Gasteiger partial charge in [0.05, 0.1) is 24.3 Å². The molecule has 3 rings (SSSR count). The van der Waals surface area contributed by atoms with E-state index in [1.807, 2.05) is 24.5 Å². The molecule has 0 unspecified atom stereocenters. The maximum Gasteiger partial charge on any atom is 0.338 e. The molecule has 2 aromatic carbocycles. The van der Waals surface area contributed by atoms with E-state index in [-0.39, 0.29) is 24.5 Å². The molecule has 5 nitrogen and oxygen atoms in total. The number of hydrogen-bond acceptors (Lipinski definition) is 3. The maximum atomic E-state index is 14.0. The van der Waals surface area contributed by atoms with Crippen molar-refractivity contribution in [1.82, 2.24) is 4.57 Å². The Morgan fingerprint density at radius 1 is 1.15 bits per heavy atom. The number of carbonyl (C=O) groups is 2. The lowest BCUT2D eigenvalue weighted by molar-refractivity contribution is -0.674. The van der Waals surface area contributed by atoms with Gasteiger partial charge in [0.1, 0.15) is 5.82 Å². The summed E-state index contributed by atoms with van der Waals surface area (Å²) >= 11 is 0. The molecule has 27 heavy (non-hydrogen) atoms. The highest BCUT2D eigenvalue weighted by Gasteiger charge is 2.25. The first-order valence-corrected chi connectivity index (χ1v) is 8.95. The average Bonchev–Trinajstić information content (AvgIpc) is 2.92. The molecule has 0 fully saturated rings. The number of aryl methyl sites for hydroxylation is 1. The van der Waals surface area contributed by atoms with E-state index in [0.717, 1.165) is 16.9 Å². The molecular formula is C21H22FN2O3+. The Bertz CT molecular complexity index is 1020. The van der Waals surface area contributed by atoms with Gasteiger partial charge in [-0.1, -0.05) is 12.1 Å². The standard InChI is InChI=1S/C21H22FN2O3/c1-4-23-14(3)24(13-20(25)16-8-6-7-9-17(16)22)19-12-15(10-11-18(19)23)21(26)27-5-2/h6-12H,4-5,13H2,1-3H3/q+1. The van der Waals surface area contributed by atoms with Gasteiger partial charge in [-0.05, 0) is 38.1 Å². The van der Waals surface area contributed by atoms with Crippen LogP contribution in [-0.2, 0) is 17.8 Å².